The van der Waals surface area contributed by atoms with Gasteiger partial charge in [-0.05, 0) is 12.3 Å². The van der Waals surface area contributed by atoms with Gasteiger partial charge in [0, 0.05) is 26.6 Å². The predicted molar refractivity (Wildman–Crippen MR) is 61.9 cm³/mol. The molecular formula is C10H15N5O3. The maximum Gasteiger partial charge on any atom is 0.341 e. The van der Waals surface area contributed by atoms with Crippen LogP contribution in [0.25, 0.3) is 0 Å². The first-order chi connectivity index (χ1) is 8.56. The van der Waals surface area contributed by atoms with Gasteiger partial charge in [-0.2, -0.15) is 0 Å². The Kier molecular flexibility index (Phi) is 3.45. The Labute approximate surface area is 103 Å². The van der Waals surface area contributed by atoms with Crippen LogP contribution in [0, 0.1) is 5.92 Å². The normalized spacial score (nSPS) is 18.9. The van der Waals surface area contributed by atoms with Gasteiger partial charge in [0.05, 0.1) is 0 Å². The van der Waals surface area contributed by atoms with Crippen LogP contribution < -0.4 is 11.0 Å². The van der Waals surface area contributed by atoms with Crippen molar-refractivity contribution in [1.29, 1.82) is 0 Å². The quantitative estimate of drug-likeness (QED) is 0.621. The summed E-state index contributed by atoms with van der Waals surface area (Å²) >= 11 is 0. The molecule has 2 heterocycles. The minimum absolute atomic E-state index is 0.0265. The zero-order valence-corrected chi connectivity index (χ0v) is 10.0. The Hall–Kier alpha value is -2.12. The van der Waals surface area contributed by atoms with E-state index in [0.29, 0.717) is 13.1 Å². The number of H-pyrrole nitrogens is 2. The van der Waals surface area contributed by atoms with Crippen LogP contribution in [0.5, 0.6) is 0 Å². The van der Waals surface area contributed by atoms with E-state index in [2.05, 4.69) is 20.5 Å². The molecule has 98 valence electrons. The molecule has 0 bridgehead atoms. The van der Waals surface area contributed by atoms with Crippen LogP contribution >= 0.6 is 0 Å². The fourth-order valence-corrected chi connectivity index (χ4v) is 1.98. The summed E-state index contributed by atoms with van der Waals surface area (Å²) in [7, 11) is 0. The van der Waals surface area contributed by atoms with Crippen molar-refractivity contribution in [3.8, 4) is 0 Å². The number of nitrogens with one attached hydrogen (secondary N) is 3. The number of likely N-dealkylation sites (tertiary alicyclic amines) is 1. The van der Waals surface area contributed by atoms with Gasteiger partial charge in [-0.3, -0.25) is 14.6 Å². The SMILES string of the molecule is CC(=O)N1CCC(CNC(=O)c2n[nH]c(=O)[nH]2)C1. The zero-order chi connectivity index (χ0) is 13.1. The number of carbonyl (C=O) groups is 2. The Balaban J connectivity index is 1.81. The van der Waals surface area contributed by atoms with Crippen molar-refractivity contribution in [3.05, 3.63) is 16.3 Å². The van der Waals surface area contributed by atoms with E-state index in [1.807, 2.05) is 0 Å². The second-order valence-corrected chi connectivity index (χ2v) is 4.36. The van der Waals surface area contributed by atoms with E-state index in [1.54, 1.807) is 4.90 Å². The van der Waals surface area contributed by atoms with E-state index >= 15 is 0 Å². The zero-order valence-electron chi connectivity index (χ0n) is 10.0. The van der Waals surface area contributed by atoms with Crippen LogP contribution in [-0.4, -0.2) is 51.5 Å². The number of hydrogen-bond donors (Lipinski definition) is 3. The van der Waals surface area contributed by atoms with E-state index in [4.69, 9.17) is 0 Å². The van der Waals surface area contributed by atoms with Crippen molar-refractivity contribution in [2.45, 2.75) is 13.3 Å². The summed E-state index contributed by atoms with van der Waals surface area (Å²) < 4.78 is 0. The van der Waals surface area contributed by atoms with Crippen molar-refractivity contribution in [3.63, 3.8) is 0 Å². The van der Waals surface area contributed by atoms with Crippen molar-refractivity contribution in [2.24, 2.45) is 5.92 Å². The van der Waals surface area contributed by atoms with Crippen molar-refractivity contribution >= 4 is 11.8 Å². The third kappa shape index (κ3) is 2.76. The van der Waals surface area contributed by atoms with Crippen LogP contribution in [0.3, 0.4) is 0 Å². The number of rotatable bonds is 3. The maximum absolute atomic E-state index is 11.6. The summed E-state index contributed by atoms with van der Waals surface area (Å²) in [5, 5.41) is 8.34. The molecule has 1 saturated heterocycles. The molecule has 2 rings (SSSR count). The van der Waals surface area contributed by atoms with E-state index in [-0.39, 0.29) is 17.6 Å². The Morgan fingerprint density at radius 3 is 2.89 bits per heavy atom. The van der Waals surface area contributed by atoms with E-state index in [9.17, 15) is 14.4 Å². The minimum atomic E-state index is -0.510. The third-order valence-corrected chi connectivity index (χ3v) is 3.00. The Morgan fingerprint density at radius 1 is 1.56 bits per heavy atom. The summed E-state index contributed by atoms with van der Waals surface area (Å²) in [6.45, 7) is 3.40. The first-order valence-electron chi connectivity index (χ1n) is 5.74. The smallest absolute Gasteiger partial charge is 0.341 e. The number of carbonyl (C=O) groups excluding carboxylic acids is 2. The molecule has 1 aliphatic rings. The Bertz CT molecular complexity index is 506. The van der Waals surface area contributed by atoms with Gasteiger partial charge < -0.3 is 10.2 Å². The van der Waals surface area contributed by atoms with E-state index in [1.165, 1.54) is 6.92 Å². The van der Waals surface area contributed by atoms with Crippen molar-refractivity contribution < 1.29 is 9.59 Å². The molecule has 1 aromatic rings. The van der Waals surface area contributed by atoms with Crippen LogP contribution in [-0.2, 0) is 4.79 Å². The third-order valence-electron chi connectivity index (χ3n) is 3.00. The number of amides is 2. The molecule has 1 unspecified atom stereocenters. The van der Waals surface area contributed by atoms with Crippen molar-refractivity contribution in [2.75, 3.05) is 19.6 Å². The fraction of sp³-hybridized carbons (Fsp3) is 0.600. The lowest BCUT2D eigenvalue weighted by Gasteiger charge is -2.13. The topological polar surface area (TPSA) is 111 Å². The molecule has 1 aliphatic heterocycles. The van der Waals surface area contributed by atoms with Gasteiger partial charge in [0.15, 0.2) is 0 Å². The highest BCUT2D eigenvalue weighted by Crippen LogP contribution is 2.15. The molecule has 0 spiro atoms. The monoisotopic (exact) mass is 253 g/mol. The number of nitrogens with zero attached hydrogens (tertiary/aromatic N) is 2. The summed E-state index contributed by atoms with van der Waals surface area (Å²) in [6, 6.07) is 0. The molecule has 0 radical (unpaired) electrons. The predicted octanol–water partition coefficient (Wildman–Crippen LogP) is -1.30. The average molecular weight is 253 g/mol. The van der Waals surface area contributed by atoms with Gasteiger partial charge in [-0.1, -0.05) is 0 Å². The maximum atomic E-state index is 11.6. The molecule has 1 aromatic heterocycles. The molecule has 3 N–H and O–H groups in total. The molecule has 0 saturated carbocycles. The highest BCUT2D eigenvalue weighted by atomic mass is 16.2. The van der Waals surface area contributed by atoms with Crippen LogP contribution in [0.2, 0.25) is 0 Å². The highest BCUT2D eigenvalue weighted by Gasteiger charge is 2.24. The minimum Gasteiger partial charge on any atom is -0.349 e. The Morgan fingerprint density at radius 2 is 2.33 bits per heavy atom. The standard InChI is InChI=1S/C10H15N5O3/c1-6(16)15-3-2-7(5-15)4-11-9(17)8-12-10(18)14-13-8/h7H,2-5H2,1H3,(H,11,17)(H2,12,13,14,18). The molecule has 0 aromatic carbocycles. The molecule has 1 atom stereocenters. The van der Waals surface area contributed by atoms with E-state index < -0.39 is 11.6 Å². The van der Waals surface area contributed by atoms with Gasteiger partial charge in [0.25, 0.3) is 5.91 Å². The largest absolute Gasteiger partial charge is 0.349 e. The number of aromatic nitrogens is 3. The lowest BCUT2D eigenvalue weighted by atomic mass is 10.1. The first kappa shape index (κ1) is 12.3. The number of aromatic amines is 2. The fourth-order valence-electron chi connectivity index (χ4n) is 1.98. The molecule has 1 fully saturated rings. The number of hydrogen-bond acceptors (Lipinski definition) is 4. The average Bonchev–Trinajstić information content (AvgIpc) is 2.94. The highest BCUT2D eigenvalue weighted by molar-refractivity contribution is 5.90. The van der Waals surface area contributed by atoms with Crippen LogP contribution in [0.15, 0.2) is 4.79 Å². The summed E-state index contributed by atoms with van der Waals surface area (Å²) in [5.41, 5.74) is -0.510. The molecule has 8 nitrogen and oxygen atoms in total. The van der Waals surface area contributed by atoms with Gasteiger partial charge in [0.1, 0.15) is 0 Å². The molecular weight excluding hydrogens is 238 g/mol. The second kappa shape index (κ2) is 5.03. The van der Waals surface area contributed by atoms with Crippen LogP contribution in [0.4, 0.5) is 0 Å². The van der Waals surface area contributed by atoms with Crippen LogP contribution in [0.1, 0.15) is 24.0 Å². The lowest BCUT2D eigenvalue weighted by molar-refractivity contribution is -0.127. The van der Waals surface area contributed by atoms with Gasteiger partial charge >= 0.3 is 5.69 Å². The van der Waals surface area contributed by atoms with Gasteiger partial charge in [-0.25, -0.2) is 9.89 Å². The molecule has 0 aliphatic carbocycles. The first-order valence-corrected chi connectivity index (χ1v) is 5.74. The second-order valence-electron chi connectivity index (χ2n) is 4.36. The summed E-state index contributed by atoms with van der Waals surface area (Å²) in [4.78, 5) is 37.5. The van der Waals surface area contributed by atoms with Gasteiger partial charge in [0.2, 0.25) is 11.7 Å². The summed E-state index contributed by atoms with van der Waals surface area (Å²) in [6.07, 6.45) is 0.872. The van der Waals surface area contributed by atoms with Crippen molar-refractivity contribution in [1.82, 2.24) is 25.4 Å². The molecule has 18 heavy (non-hydrogen) atoms. The molecule has 2 amide bonds. The van der Waals surface area contributed by atoms with Gasteiger partial charge in [-0.15, -0.1) is 5.10 Å². The molecule has 8 heteroatoms. The summed E-state index contributed by atoms with van der Waals surface area (Å²) in [5.74, 6) is -0.139. The lowest BCUT2D eigenvalue weighted by Crippen LogP contribution is -2.32. The van der Waals surface area contributed by atoms with E-state index in [0.717, 1.165) is 13.0 Å².